The zero-order valence-electron chi connectivity index (χ0n) is 14.9. The molecule has 0 bridgehead atoms. The van der Waals surface area contributed by atoms with Crippen molar-refractivity contribution < 1.29 is 19.1 Å². The minimum atomic E-state index is -0.584. The number of nitrogens with two attached hydrogens (primary N) is 1. The van der Waals surface area contributed by atoms with Gasteiger partial charge in [0.05, 0.1) is 24.9 Å². The second-order valence-corrected chi connectivity index (χ2v) is 5.70. The molecule has 0 aliphatic carbocycles. The summed E-state index contributed by atoms with van der Waals surface area (Å²) < 4.78 is 10.9. The number of para-hydroxylation sites is 3. The first kappa shape index (κ1) is 19.3. The van der Waals surface area contributed by atoms with E-state index in [2.05, 4.69) is 5.32 Å². The molecule has 0 fully saturated rings. The number of ether oxygens (including phenoxy) is 2. The van der Waals surface area contributed by atoms with Crippen molar-refractivity contribution >= 4 is 17.5 Å². The van der Waals surface area contributed by atoms with Crippen LogP contribution in [0.3, 0.4) is 0 Å². The molecule has 0 saturated heterocycles. The van der Waals surface area contributed by atoms with Gasteiger partial charge in [-0.2, -0.15) is 0 Å². The van der Waals surface area contributed by atoms with Crippen molar-refractivity contribution in [1.82, 2.24) is 4.90 Å². The van der Waals surface area contributed by atoms with Crippen LogP contribution in [0.2, 0.25) is 0 Å². The van der Waals surface area contributed by atoms with E-state index in [0.717, 1.165) is 0 Å². The highest BCUT2D eigenvalue weighted by Crippen LogP contribution is 2.25. The molecule has 0 radical (unpaired) electrons. The number of benzene rings is 2. The van der Waals surface area contributed by atoms with Crippen LogP contribution in [0.1, 0.15) is 10.4 Å². The van der Waals surface area contributed by atoms with Crippen LogP contribution in [-0.4, -0.2) is 50.6 Å². The van der Waals surface area contributed by atoms with Crippen molar-refractivity contribution in [2.75, 3.05) is 39.2 Å². The number of nitrogens with zero attached hydrogens (tertiary/aromatic N) is 1. The molecule has 2 aromatic rings. The lowest BCUT2D eigenvalue weighted by Gasteiger charge is -2.18. The number of anilines is 1. The number of hydrogen-bond donors (Lipinski definition) is 2. The standard InChI is InChI=1S/C19H23N3O4/c1-22(11-12-26-17-10-6-5-9-16(17)25-2)13-18(23)21-15-8-4-3-7-14(15)19(20)24/h3-10H,11-13H2,1-2H3,(H2,20,24)(H,21,23). The fourth-order valence-corrected chi connectivity index (χ4v) is 2.37. The van der Waals surface area contributed by atoms with E-state index in [1.807, 2.05) is 36.2 Å². The Balaban J connectivity index is 1.81. The summed E-state index contributed by atoms with van der Waals surface area (Å²) >= 11 is 0. The van der Waals surface area contributed by atoms with E-state index in [-0.39, 0.29) is 18.0 Å². The maximum absolute atomic E-state index is 12.2. The zero-order valence-corrected chi connectivity index (χ0v) is 14.9. The van der Waals surface area contributed by atoms with E-state index in [1.54, 1.807) is 31.4 Å². The SMILES string of the molecule is COc1ccccc1OCCN(C)CC(=O)Nc1ccccc1C(N)=O. The largest absolute Gasteiger partial charge is 0.493 e. The number of methoxy groups -OCH3 is 1. The number of carbonyl (C=O) groups excluding carboxylic acids is 2. The second-order valence-electron chi connectivity index (χ2n) is 5.70. The van der Waals surface area contributed by atoms with Gasteiger partial charge in [-0.25, -0.2) is 0 Å². The van der Waals surface area contributed by atoms with Gasteiger partial charge in [0, 0.05) is 6.54 Å². The Bertz CT molecular complexity index is 764. The fourth-order valence-electron chi connectivity index (χ4n) is 2.37. The Labute approximate surface area is 152 Å². The van der Waals surface area contributed by atoms with Gasteiger partial charge in [-0.3, -0.25) is 14.5 Å². The first-order valence-electron chi connectivity index (χ1n) is 8.14. The summed E-state index contributed by atoms with van der Waals surface area (Å²) in [5.74, 6) is 0.497. The van der Waals surface area contributed by atoms with Gasteiger partial charge in [0.25, 0.3) is 5.91 Å². The van der Waals surface area contributed by atoms with Gasteiger partial charge < -0.3 is 20.5 Å². The van der Waals surface area contributed by atoms with Crippen molar-refractivity contribution in [3.63, 3.8) is 0 Å². The van der Waals surface area contributed by atoms with E-state index in [0.29, 0.717) is 30.3 Å². The van der Waals surface area contributed by atoms with Crippen LogP contribution in [0.4, 0.5) is 5.69 Å². The topological polar surface area (TPSA) is 93.9 Å². The molecule has 0 heterocycles. The summed E-state index contributed by atoms with van der Waals surface area (Å²) in [6.45, 7) is 1.10. The van der Waals surface area contributed by atoms with Crippen LogP contribution < -0.4 is 20.5 Å². The first-order valence-corrected chi connectivity index (χ1v) is 8.14. The van der Waals surface area contributed by atoms with Crippen LogP contribution in [0.25, 0.3) is 0 Å². The summed E-state index contributed by atoms with van der Waals surface area (Å²) in [5.41, 5.74) is 6.00. The molecule has 0 saturated carbocycles. The molecule has 7 nitrogen and oxygen atoms in total. The molecule has 3 N–H and O–H groups in total. The van der Waals surface area contributed by atoms with Gasteiger partial charge >= 0.3 is 0 Å². The number of rotatable bonds is 9. The predicted molar refractivity (Wildman–Crippen MR) is 99.6 cm³/mol. The Morgan fingerprint density at radius 1 is 1.08 bits per heavy atom. The molecule has 0 aliphatic heterocycles. The third-order valence-corrected chi connectivity index (χ3v) is 3.68. The lowest BCUT2D eigenvalue weighted by molar-refractivity contribution is -0.117. The molecule has 0 spiro atoms. The molecule has 0 aliphatic rings. The number of nitrogens with one attached hydrogen (secondary N) is 1. The monoisotopic (exact) mass is 357 g/mol. The molecular weight excluding hydrogens is 334 g/mol. The average Bonchev–Trinajstić information content (AvgIpc) is 2.62. The van der Waals surface area contributed by atoms with Crippen LogP contribution in [0.5, 0.6) is 11.5 Å². The lowest BCUT2D eigenvalue weighted by atomic mass is 10.1. The molecular formula is C19H23N3O4. The summed E-state index contributed by atoms with van der Waals surface area (Å²) in [5, 5.41) is 2.71. The Morgan fingerprint density at radius 2 is 1.73 bits per heavy atom. The average molecular weight is 357 g/mol. The molecule has 0 unspecified atom stereocenters. The third-order valence-electron chi connectivity index (χ3n) is 3.68. The number of primary amides is 1. The summed E-state index contributed by atoms with van der Waals surface area (Å²) in [6, 6.07) is 14.0. The number of amides is 2. The highest BCUT2D eigenvalue weighted by atomic mass is 16.5. The van der Waals surface area contributed by atoms with E-state index in [9.17, 15) is 9.59 Å². The Kier molecular flexibility index (Phi) is 6.99. The summed E-state index contributed by atoms with van der Waals surface area (Å²) in [7, 11) is 3.40. The van der Waals surface area contributed by atoms with Crippen molar-refractivity contribution in [3.05, 3.63) is 54.1 Å². The Hall–Kier alpha value is -3.06. The van der Waals surface area contributed by atoms with Gasteiger partial charge in [0.1, 0.15) is 6.61 Å². The summed E-state index contributed by atoms with van der Waals surface area (Å²) in [6.07, 6.45) is 0. The van der Waals surface area contributed by atoms with E-state index in [4.69, 9.17) is 15.2 Å². The van der Waals surface area contributed by atoms with E-state index < -0.39 is 5.91 Å². The second kappa shape index (κ2) is 9.43. The number of carbonyl (C=O) groups is 2. The lowest BCUT2D eigenvalue weighted by Crippen LogP contribution is -2.33. The molecule has 2 rings (SSSR count). The quantitative estimate of drug-likeness (QED) is 0.713. The molecule has 2 amide bonds. The van der Waals surface area contributed by atoms with Crippen molar-refractivity contribution in [2.45, 2.75) is 0 Å². The van der Waals surface area contributed by atoms with Crippen molar-refractivity contribution in [1.29, 1.82) is 0 Å². The highest BCUT2D eigenvalue weighted by molar-refractivity contribution is 6.03. The Morgan fingerprint density at radius 3 is 2.42 bits per heavy atom. The maximum atomic E-state index is 12.2. The minimum Gasteiger partial charge on any atom is -0.493 e. The summed E-state index contributed by atoms with van der Waals surface area (Å²) in [4.78, 5) is 25.4. The van der Waals surface area contributed by atoms with Crippen molar-refractivity contribution in [3.8, 4) is 11.5 Å². The van der Waals surface area contributed by atoms with Gasteiger partial charge in [0.15, 0.2) is 11.5 Å². The van der Waals surface area contributed by atoms with Gasteiger partial charge in [-0.1, -0.05) is 24.3 Å². The van der Waals surface area contributed by atoms with Crippen LogP contribution in [-0.2, 0) is 4.79 Å². The van der Waals surface area contributed by atoms with Gasteiger partial charge in [-0.05, 0) is 31.3 Å². The number of hydrogen-bond acceptors (Lipinski definition) is 5. The van der Waals surface area contributed by atoms with Crippen molar-refractivity contribution in [2.24, 2.45) is 5.73 Å². The highest BCUT2D eigenvalue weighted by Gasteiger charge is 2.12. The fraction of sp³-hybridized carbons (Fsp3) is 0.263. The molecule has 0 atom stereocenters. The van der Waals surface area contributed by atoms with Gasteiger partial charge in [-0.15, -0.1) is 0 Å². The predicted octanol–water partition coefficient (Wildman–Crippen LogP) is 1.74. The molecule has 7 heteroatoms. The third kappa shape index (κ3) is 5.49. The number of likely N-dealkylation sites (N-methyl/N-ethyl adjacent to an activating group) is 1. The zero-order chi connectivity index (χ0) is 18.9. The molecule has 0 aromatic heterocycles. The molecule has 2 aromatic carbocycles. The smallest absolute Gasteiger partial charge is 0.250 e. The normalized spacial score (nSPS) is 10.4. The van der Waals surface area contributed by atoms with E-state index in [1.165, 1.54) is 0 Å². The van der Waals surface area contributed by atoms with Crippen LogP contribution in [0, 0.1) is 0 Å². The van der Waals surface area contributed by atoms with Crippen LogP contribution >= 0.6 is 0 Å². The van der Waals surface area contributed by atoms with Gasteiger partial charge in [0.2, 0.25) is 5.91 Å². The maximum Gasteiger partial charge on any atom is 0.250 e. The first-order chi connectivity index (χ1) is 12.5. The van der Waals surface area contributed by atoms with E-state index >= 15 is 0 Å². The molecule has 26 heavy (non-hydrogen) atoms. The minimum absolute atomic E-state index is 0.155. The molecule has 138 valence electrons. The van der Waals surface area contributed by atoms with Crippen LogP contribution in [0.15, 0.2) is 48.5 Å².